The van der Waals surface area contributed by atoms with E-state index in [-0.39, 0.29) is 24.0 Å². The number of carbonyl (C=O) groups excluding carboxylic acids is 3. The van der Waals surface area contributed by atoms with Gasteiger partial charge in [0.15, 0.2) is 4.34 Å². The molecular formula is C16H17N5O3S2. The Balaban J connectivity index is 1.62. The van der Waals surface area contributed by atoms with E-state index in [2.05, 4.69) is 15.5 Å². The van der Waals surface area contributed by atoms with Gasteiger partial charge >= 0.3 is 0 Å². The van der Waals surface area contributed by atoms with Gasteiger partial charge in [-0.2, -0.15) is 0 Å². The van der Waals surface area contributed by atoms with E-state index >= 15 is 0 Å². The molecule has 1 fully saturated rings. The predicted octanol–water partition coefficient (Wildman–Crippen LogP) is 1.42. The maximum atomic E-state index is 12.5. The number of hydrogen-bond acceptors (Lipinski definition) is 7. The Bertz CT molecular complexity index is 854. The smallest absolute Gasteiger partial charge is 0.231 e. The van der Waals surface area contributed by atoms with Crippen LogP contribution >= 0.6 is 23.1 Å². The number of rotatable bonds is 6. The van der Waals surface area contributed by atoms with Gasteiger partial charge in [-0.3, -0.25) is 14.4 Å². The van der Waals surface area contributed by atoms with E-state index in [1.165, 1.54) is 11.8 Å². The summed E-state index contributed by atoms with van der Waals surface area (Å²) in [7, 11) is 0. The third-order valence-corrected chi connectivity index (χ3v) is 5.87. The number of carbonyl (C=O) groups is 3. The number of anilines is 2. The number of aromatic nitrogens is 2. The van der Waals surface area contributed by atoms with Gasteiger partial charge in [-0.05, 0) is 18.6 Å². The first-order valence-corrected chi connectivity index (χ1v) is 9.65. The standard InChI is InChI=1S/C16H17N5O3S2/c1-9-4-2-3-5-11(9)21-7-10(6-13(21)23)14(24)18-15-19-20-16(26-15)25-8-12(17)22/h2-5,10H,6-8H2,1H3,(H2,17,22)(H,18,19,24)/t10-/m1/s1. The molecule has 10 heteroatoms. The average molecular weight is 391 g/mol. The molecular weight excluding hydrogens is 374 g/mol. The average Bonchev–Trinajstić information content (AvgIpc) is 3.20. The summed E-state index contributed by atoms with van der Waals surface area (Å²) < 4.78 is 0.545. The normalized spacial score (nSPS) is 16.7. The van der Waals surface area contributed by atoms with Crippen LogP contribution in [0.5, 0.6) is 0 Å². The molecule has 3 rings (SSSR count). The van der Waals surface area contributed by atoms with E-state index in [0.29, 0.717) is 16.0 Å². The molecule has 26 heavy (non-hydrogen) atoms. The summed E-state index contributed by atoms with van der Waals surface area (Å²) in [5.74, 6) is -1.14. The van der Waals surface area contributed by atoms with Crippen LogP contribution in [0.25, 0.3) is 0 Å². The van der Waals surface area contributed by atoms with Crippen molar-refractivity contribution in [3.63, 3.8) is 0 Å². The van der Waals surface area contributed by atoms with Crippen LogP contribution in [0.3, 0.4) is 0 Å². The number of para-hydroxylation sites is 1. The van der Waals surface area contributed by atoms with Crippen molar-refractivity contribution in [2.75, 3.05) is 22.5 Å². The fraction of sp³-hybridized carbons (Fsp3) is 0.312. The topological polar surface area (TPSA) is 118 Å². The fourth-order valence-electron chi connectivity index (χ4n) is 2.64. The van der Waals surface area contributed by atoms with Gasteiger partial charge in [0, 0.05) is 18.7 Å². The van der Waals surface area contributed by atoms with E-state index in [1.807, 2.05) is 31.2 Å². The lowest BCUT2D eigenvalue weighted by Crippen LogP contribution is -2.28. The quantitative estimate of drug-likeness (QED) is 0.568. The highest BCUT2D eigenvalue weighted by Crippen LogP contribution is 2.29. The summed E-state index contributed by atoms with van der Waals surface area (Å²) in [6.07, 6.45) is 0.155. The molecule has 1 aromatic heterocycles. The van der Waals surface area contributed by atoms with E-state index < -0.39 is 11.8 Å². The molecule has 1 saturated heterocycles. The van der Waals surface area contributed by atoms with Gasteiger partial charge in [-0.25, -0.2) is 0 Å². The first kappa shape index (κ1) is 18.3. The van der Waals surface area contributed by atoms with Crippen molar-refractivity contribution in [2.24, 2.45) is 11.7 Å². The molecule has 1 aliphatic rings. The summed E-state index contributed by atoms with van der Waals surface area (Å²) in [5.41, 5.74) is 6.90. The molecule has 0 bridgehead atoms. The Morgan fingerprint density at radius 3 is 2.88 bits per heavy atom. The fourth-order valence-corrected chi connectivity index (χ4v) is 4.14. The van der Waals surface area contributed by atoms with Gasteiger partial charge < -0.3 is 16.0 Å². The molecule has 2 heterocycles. The van der Waals surface area contributed by atoms with Crippen LogP contribution in [-0.2, 0) is 14.4 Å². The molecule has 3 amide bonds. The van der Waals surface area contributed by atoms with Gasteiger partial charge in [0.05, 0.1) is 11.7 Å². The second-order valence-electron chi connectivity index (χ2n) is 5.81. The molecule has 0 radical (unpaired) electrons. The highest BCUT2D eigenvalue weighted by molar-refractivity contribution is 8.01. The van der Waals surface area contributed by atoms with Crippen molar-refractivity contribution in [3.05, 3.63) is 29.8 Å². The SMILES string of the molecule is Cc1ccccc1N1C[C@H](C(=O)Nc2nnc(SCC(N)=O)s2)CC1=O. The minimum Gasteiger partial charge on any atom is -0.369 e. The van der Waals surface area contributed by atoms with Crippen LogP contribution in [0, 0.1) is 12.8 Å². The highest BCUT2D eigenvalue weighted by atomic mass is 32.2. The van der Waals surface area contributed by atoms with Crippen molar-refractivity contribution < 1.29 is 14.4 Å². The minimum atomic E-state index is -0.451. The van der Waals surface area contributed by atoms with Crippen molar-refractivity contribution >= 4 is 51.6 Å². The largest absolute Gasteiger partial charge is 0.369 e. The second kappa shape index (κ2) is 7.83. The minimum absolute atomic E-state index is 0.0746. The molecule has 8 nitrogen and oxygen atoms in total. The molecule has 1 aliphatic heterocycles. The Hall–Kier alpha value is -2.46. The number of thioether (sulfide) groups is 1. The number of aryl methyl sites for hydroxylation is 1. The molecule has 3 N–H and O–H groups in total. The van der Waals surface area contributed by atoms with Crippen LogP contribution in [0.15, 0.2) is 28.6 Å². The number of nitrogens with two attached hydrogens (primary N) is 1. The molecule has 2 aromatic rings. The van der Waals surface area contributed by atoms with E-state index in [9.17, 15) is 14.4 Å². The molecule has 1 atom stereocenters. The lowest BCUT2D eigenvalue weighted by molar-refractivity contribution is -0.122. The van der Waals surface area contributed by atoms with Crippen LogP contribution < -0.4 is 16.0 Å². The maximum Gasteiger partial charge on any atom is 0.231 e. The van der Waals surface area contributed by atoms with Crippen molar-refractivity contribution in [2.45, 2.75) is 17.7 Å². The third kappa shape index (κ3) is 4.20. The van der Waals surface area contributed by atoms with E-state index in [4.69, 9.17) is 5.73 Å². The van der Waals surface area contributed by atoms with E-state index in [1.54, 1.807) is 4.90 Å². The zero-order chi connectivity index (χ0) is 18.7. The Morgan fingerprint density at radius 1 is 1.38 bits per heavy atom. The predicted molar refractivity (Wildman–Crippen MR) is 100 cm³/mol. The number of nitrogens with one attached hydrogen (secondary N) is 1. The second-order valence-corrected chi connectivity index (χ2v) is 8.01. The monoisotopic (exact) mass is 391 g/mol. The molecule has 0 aliphatic carbocycles. The Morgan fingerprint density at radius 2 is 2.15 bits per heavy atom. The number of nitrogens with zero attached hydrogens (tertiary/aromatic N) is 3. The van der Waals surface area contributed by atoms with Gasteiger partial charge in [0.1, 0.15) is 0 Å². The van der Waals surface area contributed by atoms with Gasteiger partial charge in [0.25, 0.3) is 0 Å². The van der Waals surface area contributed by atoms with Crippen LogP contribution in [0.4, 0.5) is 10.8 Å². The Labute approximate surface area is 158 Å². The zero-order valence-electron chi connectivity index (χ0n) is 14.0. The maximum absolute atomic E-state index is 12.5. The third-order valence-electron chi connectivity index (χ3n) is 3.88. The summed E-state index contributed by atoms with van der Waals surface area (Å²) in [5, 5.41) is 10.8. The lowest BCUT2D eigenvalue weighted by Gasteiger charge is -2.18. The van der Waals surface area contributed by atoms with E-state index in [0.717, 1.165) is 22.6 Å². The summed E-state index contributed by atoms with van der Waals surface area (Å²) in [6, 6.07) is 7.59. The summed E-state index contributed by atoms with van der Waals surface area (Å²) in [6.45, 7) is 2.26. The summed E-state index contributed by atoms with van der Waals surface area (Å²) >= 11 is 2.33. The van der Waals surface area contributed by atoms with Crippen LogP contribution in [0.2, 0.25) is 0 Å². The van der Waals surface area contributed by atoms with Gasteiger partial charge in [-0.1, -0.05) is 41.3 Å². The molecule has 1 aromatic carbocycles. The lowest BCUT2D eigenvalue weighted by atomic mass is 10.1. The number of amides is 3. The Kier molecular flexibility index (Phi) is 5.52. The van der Waals surface area contributed by atoms with Gasteiger partial charge in [0.2, 0.25) is 22.9 Å². The molecule has 0 saturated carbocycles. The zero-order valence-corrected chi connectivity index (χ0v) is 15.6. The van der Waals surface area contributed by atoms with Crippen molar-refractivity contribution in [1.82, 2.24) is 10.2 Å². The number of hydrogen-bond donors (Lipinski definition) is 2. The van der Waals surface area contributed by atoms with Gasteiger partial charge in [-0.15, -0.1) is 10.2 Å². The first-order chi connectivity index (χ1) is 12.4. The number of benzene rings is 1. The van der Waals surface area contributed by atoms with Crippen LogP contribution in [0.1, 0.15) is 12.0 Å². The van der Waals surface area contributed by atoms with Crippen LogP contribution in [-0.4, -0.2) is 40.2 Å². The summed E-state index contributed by atoms with van der Waals surface area (Å²) in [4.78, 5) is 37.2. The molecule has 136 valence electrons. The first-order valence-electron chi connectivity index (χ1n) is 7.85. The molecule has 0 unspecified atom stereocenters. The van der Waals surface area contributed by atoms with Crippen molar-refractivity contribution in [3.8, 4) is 0 Å². The van der Waals surface area contributed by atoms with Crippen molar-refractivity contribution in [1.29, 1.82) is 0 Å². The highest BCUT2D eigenvalue weighted by Gasteiger charge is 2.36. The number of primary amides is 1. The molecule has 0 spiro atoms.